The van der Waals surface area contributed by atoms with E-state index in [1.807, 2.05) is 25.1 Å². The largest absolute Gasteiger partial charge is 0.349 e. The van der Waals surface area contributed by atoms with Crippen molar-refractivity contribution >= 4 is 27.5 Å². The average Bonchev–Trinajstić information content (AvgIpc) is 2.85. The van der Waals surface area contributed by atoms with Gasteiger partial charge in [0, 0.05) is 24.7 Å². The first kappa shape index (κ1) is 24.4. The number of nitrogens with one attached hydrogen (secondary N) is 2. The van der Waals surface area contributed by atoms with E-state index in [2.05, 4.69) is 10.0 Å². The van der Waals surface area contributed by atoms with Crippen molar-refractivity contribution in [1.29, 1.82) is 0 Å². The molecule has 0 aromatic heterocycles. The second-order valence-corrected chi connectivity index (χ2v) is 10.1. The first-order valence-corrected chi connectivity index (χ1v) is 12.8. The summed E-state index contributed by atoms with van der Waals surface area (Å²) in [6.45, 7) is 2.74. The van der Waals surface area contributed by atoms with Gasteiger partial charge in [-0.2, -0.15) is 0 Å². The second-order valence-electron chi connectivity index (χ2n) is 8.46. The Labute approximate surface area is 204 Å². The molecular formula is C26H26FN3O4S. The third-order valence-corrected chi connectivity index (χ3v) is 7.41. The molecule has 0 saturated carbocycles. The Hall–Kier alpha value is -3.72. The Kier molecular flexibility index (Phi) is 7.16. The minimum atomic E-state index is -4.00. The van der Waals surface area contributed by atoms with Crippen LogP contribution in [-0.2, 0) is 10.0 Å². The van der Waals surface area contributed by atoms with Gasteiger partial charge in [-0.1, -0.05) is 30.3 Å². The molecule has 182 valence electrons. The molecule has 9 heteroatoms. The van der Waals surface area contributed by atoms with E-state index in [4.69, 9.17) is 0 Å². The molecule has 0 radical (unpaired) electrons. The minimum absolute atomic E-state index is 0.0571. The number of piperidine rings is 1. The predicted octanol–water partition coefficient (Wildman–Crippen LogP) is 3.97. The van der Waals surface area contributed by atoms with Gasteiger partial charge in [-0.15, -0.1) is 0 Å². The van der Waals surface area contributed by atoms with Crippen LogP contribution < -0.4 is 10.0 Å². The van der Waals surface area contributed by atoms with Crippen LogP contribution in [0.15, 0.2) is 77.7 Å². The summed E-state index contributed by atoms with van der Waals surface area (Å²) in [4.78, 5) is 27.4. The number of benzene rings is 3. The lowest BCUT2D eigenvalue weighted by Gasteiger charge is -2.33. The molecule has 1 saturated heterocycles. The zero-order valence-electron chi connectivity index (χ0n) is 19.2. The van der Waals surface area contributed by atoms with Crippen LogP contribution in [0.4, 0.5) is 10.1 Å². The molecule has 1 heterocycles. The van der Waals surface area contributed by atoms with Crippen LogP contribution in [0.2, 0.25) is 0 Å². The number of carbonyl (C=O) groups excluding carboxylic acids is 2. The SMILES string of the molecule is Cc1ccccc1C(=O)NC1CCN(C(=O)c2ccccc2NS(=O)(=O)c2ccc(F)cc2)CC1. The molecule has 3 aromatic carbocycles. The van der Waals surface area contributed by atoms with Crippen molar-refractivity contribution in [3.05, 3.63) is 95.3 Å². The highest BCUT2D eigenvalue weighted by molar-refractivity contribution is 7.92. The number of likely N-dealkylation sites (tertiary alicyclic amines) is 1. The van der Waals surface area contributed by atoms with Gasteiger partial charge in [0.1, 0.15) is 5.82 Å². The number of halogens is 1. The number of amides is 2. The van der Waals surface area contributed by atoms with E-state index < -0.39 is 15.8 Å². The maximum atomic E-state index is 13.2. The van der Waals surface area contributed by atoms with Crippen LogP contribution in [0.1, 0.15) is 39.1 Å². The molecule has 0 aliphatic carbocycles. The lowest BCUT2D eigenvalue weighted by Crippen LogP contribution is -2.46. The van der Waals surface area contributed by atoms with Crippen molar-refractivity contribution in [2.45, 2.75) is 30.7 Å². The maximum Gasteiger partial charge on any atom is 0.261 e. The molecule has 1 aliphatic heterocycles. The number of hydrogen-bond donors (Lipinski definition) is 2. The summed E-state index contributed by atoms with van der Waals surface area (Å²) < 4.78 is 41.1. The van der Waals surface area contributed by atoms with Crippen molar-refractivity contribution in [3.8, 4) is 0 Å². The molecule has 0 atom stereocenters. The lowest BCUT2D eigenvalue weighted by molar-refractivity contribution is 0.0699. The number of nitrogens with zero attached hydrogens (tertiary/aromatic N) is 1. The fourth-order valence-corrected chi connectivity index (χ4v) is 5.14. The minimum Gasteiger partial charge on any atom is -0.349 e. The van der Waals surface area contributed by atoms with Gasteiger partial charge in [0.2, 0.25) is 0 Å². The van der Waals surface area contributed by atoms with Crippen molar-refractivity contribution in [1.82, 2.24) is 10.2 Å². The highest BCUT2D eigenvalue weighted by Crippen LogP contribution is 2.23. The molecule has 0 bridgehead atoms. The molecule has 0 unspecified atom stereocenters. The smallest absolute Gasteiger partial charge is 0.261 e. The number of anilines is 1. The van der Waals surface area contributed by atoms with Gasteiger partial charge in [-0.25, -0.2) is 12.8 Å². The van der Waals surface area contributed by atoms with Gasteiger partial charge in [-0.05, 0) is 67.8 Å². The molecule has 1 aliphatic rings. The Balaban J connectivity index is 1.41. The average molecular weight is 496 g/mol. The molecule has 4 rings (SSSR count). The quantitative estimate of drug-likeness (QED) is 0.541. The fourth-order valence-electron chi connectivity index (χ4n) is 4.06. The van der Waals surface area contributed by atoms with Gasteiger partial charge in [0.25, 0.3) is 21.8 Å². The molecule has 2 amide bonds. The van der Waals surface area contributed by atoms with Crippen molar-refractivity contribution in [2.24, 2.45) is 0 Å². The molecule has 3 aromatic rings. The summed E-state index contributed by atoms with van der Waals surface area (Å²) in [6.07, 6.45) is 1.18. The second kappa shape index (κ2) is 10.3. The summed E-state index contributed by atoms with van der Waals surface area (Å²) in [5.74, 6) is -0.975. The Morgan fingerprint density at radius 2 is 1.49 bits per heavy atom. The highest BCUT2D eigenvalue weighted by atomic mass is 32.2. The van der Waals surface area contributed by atoms with Crippen LogP contribution in [0.5, 0.6) is 0 Å². The molecule has 7 nitrogen and oxygen atoms in total. The lowest BCUT2D eigenvalue weighted by atomic mass is 10.0. The van der Waals surface area contributed by atoms with E-state index >= 15 is 0 Å². The molecule has 0 spiro atoms. The fraction of sp³-hybridized carbons (Fsp3) is 0.231. The third kappa shape index (κ3) is 5.68. The number of rotatable bonds is 6. The third-order valence-electron chi connectivity index (χ3n) is 6.03. The number of carbonyl (C=O) groups is 2. The van der Waals surface area contributed by atoms with Crippen molar-refractivity contribution in [2.75, 3.05) is 17.8 Å². The normalized spacial score (nSPS) is 14.4. The van der Waals surface area contributed by atoms with E-state index in [-0.39, 0.29) is 34.0 Å². The van der Waals surface area contributed by atoms with Gasteiger partial charge in [0.15, 0.2) is 0 Å². The van der Waals surface area contributed by atoms with Crippen LogP contribution in [0.3, 0.4) is 0 Å². The first-order chi connectivity index (χ1) is 16.7. The van der Waals surface area contributed by atoms with E-state index in [9.17, 15) is 22.4 Å². The van der Waals surface area contributed by atoms with E-state index in [0.717, 1.165) is 29.8 Å². The Morgan fingerprint density at radius 1 is 0.886 bits per heavy atom. The maximum absolute atomic E-state index is 13.2. The van der Waals surface area contributed by atoms with E-state index in [1.54, 1.807) is 29.2 Å². The number of para-hydroxylation sites is 1. The molecule has 1 fully saturated rings. The summed E-state index contributed by atoms with van der Waals surface area (Å²) >= 11 is 0. The van der Waals surface area contributed by atoms with Crippen molar-refractivity contribution in [3.63, 3.8) is 0 Å². The zero-order valence-corrected chi connectivity index (χ0v) is 20.0. The monoisotopic (exact) mass is 495 g/mol. The van der Waals surface area contributed by atoms with Gasteiger partial charge >= 0.3 is 0 Å². The van der Waals surface area contributed by atoms with Crippen LogP contribution in [0, 0.1) is 12.7 Å². The molecule has 2 N–H and O–H groups in total. The van der Waals surface area contributed by atoms with E-state index in [0.29, 0.717) is 31.5 Å². The van der Waals surface area contributed by atoms with Crippen LogP contribution in [-0.4, -0.2) is 44.3 Å². The standard InChI is InChI=1S/C26H26FN3O4S/c1-18-6-2-3-7-22(18)25(31)28-20-14-16-30(17-15-20)26(32)23-8-4-5-9-24(23)29-35(33,34)21-12-10-19(27)11-13-21/h2-13,20,29H,14-17H2,1H3,(H,28,31). The molecular weight excluding hydrogens is 469 g/mol. The summed E-state index contributed by atoms with van der Waals surface area (Å²) in [7, 11) is -4.00. The first-order valence-electron chi connectivity index (χ1n) is 11.3. The number of aryl methyl sites for hydroxylation is 1. The van der Waals surface area contributed by atoms with Crippen molar-refractivity contribution < 1.29 is 22.4 Å². The predicted molar refractivity (Wildman–Crippen MR) is 131 cm³/mol. The number of hydrogen-bond acceptors (Lipinski definition) is 4. The van der Waals surface area contributed by atoms with Crippen LogP contribution in [0.25, 0.3) is 0 Å². The Bertz CT molecular complexity index is 1330. The zero-order chi connectivity index (χ0) is 25.0. The summed E-state index contributed by atoms with van der Waals surface area (Å²) in [6, 6.07) is 18.2. The van der Waals surface area contributed by atoms with Crippen LogP contribution >= 0.6 is 0 Å². The highest BCUT2D eigenvalue weighted by Gasteiger charge is 2.27. The topological polar surface area (TPSA) is 95.6 Å². The summed E-state index contributed by atoms with van der Waals surface area (Å²) in [5.41, 5.74) is 1.91. The number of sulfonamides is 1. The van der Waals surface area contributed by atoms with Gasteiger partial charge < -0.3 is 10.2 Å². The van der Waals surface area contributed by atoms with Gasteiger partial charge in [-0.3, -0.25) is 14.3 Å². The van der Waals surface area contributed by atoms with E-state index in [1.165, 1.54) is 6.07 Å². The molecule has 35 heavy (non-hydrogen) atoms. The summed E-state index contributed by atoms with van der Waals surface area (Å²) in [5, 5.41) is 3.04. The van der Waals surface area contributed by atoms with Gasteiger partial charge in [0.05, 0.1) is 16.1 Å². The Morgan fingerprint density at radius 3 is 2.14 bits per heavy atom.